The molecule has 0 unspecified atom stereocenters. The van der Waals surface area contributed by atoms with Crippen molar-refractivity contribution in [2.24, 2.45) is 0 Å². The summed E-state index contributed by atoms with van der Waals surface area (Å²) < 4.78 is 37.8. The number of fused-ring (bicyclic) bond motifs is 5. The van der Waals surface area contributed by atoms with Crippen LogP contribution in [0.2, 0.25) is 0 Å². The summed E-state index contributed by atoms with van der Waals surface area (Å²) in [5.74, 6) is 0.0192. The summed E-state index contributed by atoms with van der Waals surface area (Å²) >= 11 is 0. The molecule has 2 amide bonds. The zero-order valence-electron chi connectivity index (χ0n) is 31.5. The first kappa shape index (κ1) is 36.9. The minimum atomic E-state index is -3.85. The maximum atomic E-state index is 14.2. The van der Waals surface area contributed by atoms with Crippen LogP contribution in [0, 0.1) is 0 Å². The predicted molar refractivity (Wildman–Crippen MR) is 208 cm³/mol. The molecule has 0 saturated heterocycles. The molecule has 2 aromatic carbocycles. The number of carbonyl (C=O) groups excluding carboxylic acids is 2. The van der Waals surface area contributed by atoms with Crippen molar-refractivity contribution >= 4 is 44.4 Å². The number of benzene rings is 2. The summed E-state index contributed by atoms with van der Waals surface area (Å²) in [4.78, 5) is 27.7. The van der Waals surface area contributed by atoms with Gasteiger partial charge in [-0.1, -0.05) is 39.2 Å². The lowest BCUT2D eigenvalue weighted by Gasteiger charge is -2.24. The third kappa shape index (κ3) is 7.03. The smallest absolute Gasteiger partial charge is 0.264 e. The molecule has 3 heterocycles. The van der Waals surface area contributed by atoms with Crippen LogP contribution in [-0.4, -0.2) is 64.7 Å². The van der Waals surface area contributed by atoms with Gasteiger partial charge in [-0.05, 0) is 111 Å². The van der Waals surface area contributed by atoms with Crippen LogP contribution >= 0.6 is 0 Å². The van der Waals surface area contributed by atoms with E-state index in [0.29, 0.717) is 29.5 Å². The van der Waals surface area contributed by atoms with Gasteiger partial charge in [0.1, 0.15) is 5.75 Å². The van der Waals surface area contributed by atoms with Crippen molar-refractivity contribution in [3.63, 3.8) is 0 Å². The fraction of sp³-hybridized carbons (Fsp3) is 0.488. The highest BCUT2D eigenvalue weighted by molar-refractivity contribution is 7.90. The molecule has 3 aliphatic rings. The Kier molecular flexibility index (Phi) is 10.1. The zero-order valence-corrected chi connectivity index (χ0v) is 32.3. The van der Waals surface area contributed by atoms with Crippen molar-refractivity contribution < 1.29 is 27.9 Å². The van der Waals surface area contributed by atoms with E-state index in [1.165, 1.54) is 12.0 Å². The molecule has 1 atom stereocenters. The fourth-order valence-electron chi connectivity index (χ4n) is 7.93. The van der Waals surface area contributed by atoms with Crippen LogP contribution in [0.4, 0.5) is 0 Å². The summed E-state index contributed by atoms with van der Waals surface area (Å²) in [7, 11) is -2.20. The molecule has 11 nitrogen and oxygen atoms in total. The summed E-state index contributed by atoms with van der Waals surface area (Å²) in [6.45, 7) is 9.28. The lowest BCUT2D eigenvalue weighted by molar-refractivity contribution is 0.0921. The Labute approximate surface area is 311 Å². The lowest BCUT2D eigenvalue weighted by Crippen LogP contribution is -2.35. The quantitative estimate of drug-likeness (QED) is 0.148. The second kappa shape index (κ2) is 14.4. The van der Waals surface area contributed by atoms with Crippen LogP contribution in [0.15, 0.2) is 36.4 Å². The van der Waals surface area contributed by atoms with Gasteiger partial charge in [-0.25, -0.2) is 13.1 Å². The van der Waals surface area contributed by atoms with Crippen molar-refractivity contribution in [3.8, 4) is 17.0 Å². The number of allylic oxidation sites excluding steroid dienone is 1. The predicted octanol–water partition coefficient (Wildman–Crippen LogP) is 7.15. The van der Waals surface area contributed by atoms with Gasteiger partial charge < -0.3 is 19.7 Å². The van der Waals surface area contributed by atoms with Gasteiger partial charge in [0.05, 0.1) is 53.7 Å². The lowest BCUT2D eigenvalue weighted by atomic mass is 9.81. The van der Waals surface area contributed by atoms with Gasteiger partial charge in [0.2, 0.25) is 10.0 Å². The Morgan fingerprint density at radius 3 is 2.34 bits per heavy atom. The standard InChI is InChI=1S/C41H51N5O6S/c1-23(2)37-36(41(49)42-21-25(5)47)38(46(43-37)30-13-14-30)29-18-28-19-31(52-6)15-17-32(28)39-35(26-10-8-7-9-11-26)33-16-12-27(20-34(33)45(39)22-29)40(48)44-53(50,51)24(3)4/h12,15-20,23-26,30,47H,7-11,13-14,21-22H2,1-6H3,(H,42,49)(H,44,48)/t25-/m0/s1. The van der Waals surface area contributed by atoms with E-state index in [2.05, 4.69) is 26.7 Å². The van der Waals surface area contributed by atoms with Crippen LogP contribution in [0.3, 0.4) is 0 Å². The molecule has 2 aromatic heterocycles. The van der Waals surface area contributed by atoms with Crippen LogP contribution < -0.4 is 14.8 Å². The molecule has 53 heavy (non-hydrogen) atoms. The second-order valence-corrected chi connectivity index (χ2v) is 17.8. The molecule has 2 saturated carbocycles. The number of aromatic nitrogens is 3. The van der Waals surface area contributed by atoms with E-state index in [-0.39, 0.29) is 30.0 Å². The van der Waals surface area contributed by atoms with Gasteiger partial charge in [0, 0.05) is 28.6 Å². The molecule has 282 valence electrons. The molecule has 3 N–H and O–H groups in total. The number of aliphatic hydroxyl groups excluding tert-OH is 1. The number of aliphatic hydroxyl groups is 1. The van der Waals surface area contributed by atoms with E-state index in [0.717, 1.165) is 77.5 Å². The van der Waals surface area contributed by atoms with Gasteiger partial charge in [0.15, 0.2) is 0 Å². The number of hydrogen-bond donors (Lipinski definition) is 3. The second-order valence-electron chi connectivity index (χ2n) is 15.6. The number of nitrogens with one attached hydrogen (secondary N) is 2. The van der Waals surface area contributed by atoms with Crippen LogP contribution in [0.25, 0.3) is 33.8 Å². The number of sulfonamides is 1. The van der Waals surface area contributed by atoms with E-state index in [1.807, 2.05) is 42.8 Å². The largest absolute Gasteiger partial charge is 0.497 e. The highest BCUT2D eigenvalue weighted by Crippen LogP contribution is 2.49. The summed E-state index contributed by atoms with van der Waals surface area (Å²) in [6.07, 6.45) is 8.91. The van der Waals surface area contributed by atoms with Crippen molar-refractivity contribution in [3.05, 3.63) is 70.0 Å². The molecule has 0 bridgehead atoms. The third-order valence-electron chi connectivity index (χ3n) is 10.9. The first-order chi connectivity index (χ1) is 25.3. The van der Waals surface area contributed by atoms with Gasteiger partial charge in [-0.15, -0.1) is 0 Å². The van der Waals surface area contributed by atoms with Gasteiger partial charge >= 0.3 is 0 Å². The van der Waals surface area contributed by atoms with E-state index in [4.69, 9.17) is 9.84 Å². The molecular formula is C41H51N5O6S. The van der Waals surface area contributed by atoms with Gasteiger partial charge in [-0.3, -0.25) is 14.3 Å². The van der Waals surface area contributed by atoms with E-state index >= 15 is 0 Å². The van der Waals surface area contributed by atoms with Crippen LogP contribution in [-0.2, 0) is 16.6 Å². The highest BCUT2D eigenvalue weighted by Gasteiger charge is 2.37. The monoisotopic (exact) mass is 741 g/mol. The Bertz CT molecular complexity index is 2220. The average molecular weight is 742 g/mol. The molecule has 0 spiro atoms. The minimum absolute atomic E-state index is 0.0381. The zero-order chi connectivity index (χ0) is 37.8. The van der Waals surface area contributed by atoms with E-state index in [9.17, 15) is 23.1 Å². The maximum absolute atomic E-state index is 14.2. The summed E-state index contributed by atoms with van der Waals surface area (Å²) in [6, 6.07) is 11.8. The molecule has 4 aromatic rings. The number of rotatable bonds is 11. The molecule has 2 aliphatic carbocycles. The highest BCUT2D eigenvalue weighted by atomic mass is 32.2. The Morgan fingerprint density at radius 1 is 0.962 bits per heavy atom. The first-order valence-corrected chi connectivity index (χ1v) is 20.5. The number of nitrogens with zero attached hydrogens (tertiary/aromatic N) is 3. The molecule has 2 fully saturated rings. The first-order valence-electron chi connectivity index (χ1n) is 19.0. The fourth-order valence-corrected chi connectivity index (χ4v) is 8.54. The van der Waals surface area contributed by atoms with Crippen molar-refractivity contribution in [2.45, 2.75) is 115 Å². The topological polar surface area (TPSA) is 145 Å². The third-order valence-corrected chi connectivity index (χ3v) is 12.6. The number of ether oxygens (including phenoxy) is 1. The summed E-state index contributed by atoms with van der Waals surface area (Å²) in [5, 5.41) is 18.4. The Morgan fingerprint density at radius 2 is 1.70 bits per heavy atom. The maximum Gasteiger partial charge on any atom is 0.264 e. The molecule has 12 heteroatoms. The number of carbonyl (C=O) groups is 2. The average Bonchev–Trinajstić information content (AvgIpc) is 3.85. The van der Waals surface area contributed by atoms with Gasteiger partial charge in [-0.2, -0.15) is 5.10 Å². The summed E-state index contributed by atoms with van der Waals surface area (Å²) in [5.41, 5.74) is 8.19. The number of methoxy groups -OCH3 is 1. The van der Waals surface area contributed by atoms with Crippen molar-refractivity contribution in [1.29, 1.82) is 0 Å². The molecule has 1 aliphatic heterocycles. The number of hydrogen-bond acceptors (Lipinski definition) is 7. The molecular weight excluding hydrogens is 691 g/mol. The van der Waals surface area contributed by atoms with Gasteiger partial charge in [0.25, 0.3) is 11.8 Å². The molecule has 0 radical (unpaired) electrons. The Balaban J connectivity index is 1.50. The van der Waals surface area contributed by atoms with Crippen LogP contribution in [0.1, 0.15) is 141 Å². The minimum Gasteiger partial charge on any atom is -0.497 e. The van der Waals surface area contributed by atoms with Crippen molar-refractivity contribution in [1.82, 2.24) is 24.4 Å². The van der Waals surface area contributed by atoms with E-state index in [1.54, 1.807) is 33.9 Å². The molecule has 7 rings (SSSR count). The van der Waals surface area contributed by atoms with Crippen molar-refractivity contribution in [2.75, 3.05) is 13.7 Å². The Hall–Kier alpha value is -4.42. The van der Waals surface area contributed by atoms with Crippen LogP contribution in [0.5, 0.6) is 5.75 Å². The number of amides is 2. The van der Waals surface area contributed by atoms with E-state index < -0.39 is 27.3 Å². The SMILES string of the molecule is COc1ccc2c(c1)C=C(c1c(C(=O)NC[C@H](C)O)c(C(C)C)nn1C1CC1)Cn1c-2c(C2CCCCC2)c2ccc(C(=O)NS(=O)(=O)C(C)C)cc21. The normalized spacial score (nSPS) is 17.0.